The van der Waals surface area contributed by atoms with Gasteiger partial charge in [0.2, 0.25) is 5.91 Å². The van der Waals surface area contributed by atoms with Crippen molar-refractivity contribution in [2.24, 2.45) is 0 Å². The highest BCUT2D eigenvalue weighted by Gasteiger charge is 2.08. The molecule has 3 aromatic rings. The molecule has 0 aliphatic heterocycles. The maximum atomic E-state index is 12.2. The van der Waals surface area contributed by atoms with E-state index in [-0.39, 0.29) is 12.5 Å². The Morgan fingerprint density at radius 3 is 2.78 bits per heavy atom. The number of ether oxygens (including phenoxy) is 1. The van der Waals surface area contributed by atoms with Gasteiger partial charge in [-0.05, 0) is 38.1 Å². The number of nitrogens with zero attached hydrogens (tertiary/aromatic N) is 3. The van der Waals surface area contributed by atoms with Crippen molar-refractivity contribution >= 4 is 22.5 Å². The first-order valence-electron chi connectivity index (χ1n) is 7.30. The third-order valence-electron chi connectivity index (χ3n) is 3.57. The molecule has 2 heterocycles. The highest BCUT2D eigenvalue weighted by molar-refractivity contribution is 5.93. The van der Waals surface area contributed by atoms with E-state index in [1.54, 1.807) is 18.0 Å². The smallest absolute Gasteiger partial charge is 0.246 e. The number of hydrogen-bond donors (Lipinski definition) is 1. The van der Waals surface area contributed by atoms with Gasteiger partial charge in [0.1, 0.15) is 12.3 Å². The number of nitrogens with one attached hydrogen (secondary N) is 1. The normalized spacial score (nSPS) is 10.7. The molecule has 0 saturated heterocycles. The minimum absolute atomic E-state index is 0.133. The molecule has 1 N–H and O–H groups in total. The number of fused-ring (bicyclic) bond motifs is 1. The van der Waals surface area contributed by atoms with Crippen molar-refractivity contribution in [3.05, 3.63) is 47.9 Å². The van der Waals surface area contributed by atoms with Crippen molar-refractivity contribution in [3.63, 3.8) is 0 Å². The summed E-state index contributed by atoms with van der Waals surface area (Å²) < 4.78 is 6.86. The van der Waals surface area contributed by atoms with Crippen LogP contribution < -0.4 is 10.1 Å². The number of anilines is 1. The average Bonchev–Trinajstić information content (AvgIpc) is 2.84. The van der Waals surface area contributed by atoms with E-state index >= 15 is 0 Å². The lowest BCUT2D eigenvalue weighted by Gasteiger charge is -2.08. The Labute approximate surface area is 134 Å². The Bertz CT molecular complexity index is 870. The van der Waals surface area contributed by atoms with Gasteiger partial charge >= 0.3 is 0 Å². The Balaban J connectivity index is 1.75. The van der Waals surface area contributed by atoms with Crippen molar-refractivity contribution in [3.8, 4) is 5.75 Å². The van der Waals surface area contributed by atoms with Gasteiger partial charge in [-0.25, -0.2) is 0 Å². The van der Waals surface area contributed by atoms with E-state index in [0.717, 1.165) is 28.0 Å². The van der Waals surface area contributed by atoms with Crippen molar-refractivity contribution in [2.75, 3.05) is 12.4 Å². The molecule has 118 valence electrons. The molecule has 23 heavy (non-hydrogen) atoms. The van der Waals surface area contributed by atoms with Crippen LogP contribution >= 0.6 is 0 Å². The second-order valence-corrected chi connectivity index (χ2v) is 5.42. The monoisotopic (exact) mass is 310 g/mol. The zero-order chi connectivity index (χ0) is 16.4. The highest BCUT2D eigenvalue weighted by Crippen LogP contribution is 2.21. The van der Waals surface area contributed by atoms with Crippen molar-refractivity contribution in [1.29, 1.82) is 0 Å². The average molecular weight is 310 g/mol. The van der Waals surface area contributed by atoms with Crippen LogP contribution in [-0.4, -0.2) is 27.8 Å². The number of methoxy groups -OCH3 is 1. The van der Waals surface area contributed by atoms with Crippen LogP contribution in [0.3, 0.4) is 0 Å². The van der Waals surface area contributed by atoms with Crippen LogP contribution in [0.25, 0.3) is 10.9 Å². The summed E-state index contributed by atoms with van der Waals surface area (Å²) in [4.78, 5) is 16.5. The number of aryl methyl sites for hydroxylation is 2. The van der Waals surface area contributed by atoms with E-state index < -0.39 is 0 Å². The van der Waals surface area contributed by atoms with Crippen LogP contribution in [-0.2, 0) is 11.3 Å². The van der Waals surface area contributed by atoms with E-state index in [2.05, 4.69) is 15.4 Å². The first-order valence-corrected chi connectivity index (χ1v) is 7.30. The van der Waals surface area contributed by atoms with Gasteiger partial charge in [-0.15, -0.1) is 0 Å². The van der Waals surface area contributed by atoms with E-state index in [1.165, 1.54) is 0 Å². The van der Waals surface area contributed by atoms with Crippen LogP contribution in [0.4, 0.5) is 5.69 Å². The number of aromatic nitrogens is 3. The minimum atomic E-state index is -0.133. The topological polar surface area (TPSA) is 69.0 Å². The van der Waals surface area contributed by atoms with Crippen LogP contribution in [0.2, 0.25) is 0 Å². The summed E-state index contributed by atoms with van der Waals surface area (Å²) in [6.45, 7) is 4.02. The maximum absolute atomic E-state index is 12.2. The predicted molar refractivity (Wildman–Crippen MR) is 88.6 cm³/mol. The molecule has 0 bridgehead atoms. The third kappa shape index (κ3) is 3.31. The SMILES string of the molecule is COc1ccc2cc(NC(=O)Cn3nc(C)cc3C)cnc2c1. The maximum Gasteiger partial charge on any atom is 0.246 e. The molecule has 6 heteroatoms. The van der Waals surface area contributed by atoms with Crippen LogP contribution in [0.5, 0.6) is 5.75 Å². The van der Waals surface area contributed by atoms with Crippen molar-refractivity contribution < 1.29 is 9.53 Å². The van der Waals surface area contributed by atoms with Gasteiger partial charge in [0, 0.05) is 17.1 Å². The van der Waals surface area contributed by atoms with Gasteiger partial charge in [-0.2, -0.15) is 5.10 Å². The zero-order valence-corrected chi connectivity index (χ0v) is 13.3. The molecule has 3 rings (SSSR count). The Morgan fingerprint density at radius 1 is 1.26 bits per heavy atom. The van der Waals surface area contributed by atoms with Gasteiger partial charge < -0.3 is 10.1 Å². The molecule has 0 radical (unpaired) electrons. The number of carbonyl (C=O) groups excluding carboxylic acids is 1. The lowest BCUT2D eigenvalue weighted by molar-refractivity contribution is -0.116. The number of pyridine rings is 1. The molecular formula is C17H18N4O2. The fourth-order valence-corrected chi connectivity index (χ4v) is 2.47. The molecule has 0 saturated carbocycles. The highest BCUT2D eigenvalue weighted by atomic mass is 16.5. The third-order valence-corrected chi connectivity index (χ3v) is 3.57. The van der Waals surface area contributed by atoms with Crippen LogP contribution in [0.1, 0.15) is 11.4 Å². The standard InChI is InChI=1S/C17H18N4O2/c1-11-6-12(2)21(20-11)10-17(22)19-14-7-13-4-5-15(23-3)8-16(13)18-9-14/h4-9H,10H2,1-3H3,(H,19,22). The molecule has 0 aliphatic carbocycles. The molecular weight excluding hydrogens is 292 g/mol. The molecule has 0 fully saturated rings. The number of amides is 1. The summed E-state index contributed by atoms with van der Waals surface area (Å²) in [5, 5.41) is 8.08. The van der Waals surface area contributed by atoms with E-state index in [1.807, 2.05) is 44.2 Å². The lowest BCUT2D eigenvalue weighted by atomic mass is 10.2. The fraction of sp³-hybridized carbons (Fsp3) is 0.235. The van der Waals surface area contributed by atoms with Gasteiger partial charge in [0.25, 0.3) is 0 Å². The zero-order valence-electron chi connectivity index (χ0n) is 13.3. The van der Waals surface area contributed by atoms with Crippen molar-refractivity contribution in [1.82, 2.24) is 14.8 Å². The summed E-state index contributed by atoms with van der Waals surface area (Å²) in [6, 6.07) is 9.47. The van der Waals surface area contributed by atoms with E-state index in [4.69, 9.17) is 4.74 Å². The summed E-state index contributed by atoms with van der Waals surface area (Å²) in [5.74, 6) is 0.622. The minimum Gasteiger partial charge on any atom is -0.497 e. The molecule has 1 amide bonds. The Morgan fingerprint density at radius 2 is 2.09 bits per heavy atom. The second-order valence-electron chi connectivity index (χ2n) is 5.42. The summed E-state index contributed by atoms with van der Waals surface area (Å²) in [7, 11) is 1.62. The Hall–Kier alpha value is -2.89. The molecule has 0 unspecified atom stereocenters. The summed E-state index contributed by atoms with van der Waals surface area (Å²) >= 11 is 0. The van der Waals surface area contributed by atoms with Gasteiger partial charge in [0.15, 0.2) is 0 Å². The lowest BCUT2D eigenvalue weighted by Crippen LogP contribution is -2.20. The number of hydrogen-bond acceptors (Lipinski definition) is 4. The predicted octanol–water partition coefficient (Wildman–Crippen LogP) is 2.70. The molecule has 0 spiro atoms. The van der Waals surface area contributed by atoms with Crippen LogP contribution in [0.15, 0.2) is 36.5 Å². The van der Waals surface area contributed by atoms with E-state index in [9.17, 15) is 4.79 Å². The molecule has 1 aromatic carbocycles. The van der Waals surface area contributed by atoms with Gasteiger partial charge in [-0.1, -0.05) is 0 Å². The molecule has 6 nitrogen and oxygen atoms in total. The first-order chi connectivity index (χ1) is 11.0. The number of carbonyl (C=O) groups is 1. The van der Waals surface area contributed by atoms with Gasteiger partial charge in [0.05, 0.1) is 30.2 Å². The first kappa shape index (κ1) is 15.0. The van der Waals surface area contributed by atoms with E-state index in [0.29, 0.717) is 5.69 Å². The van der Waals surface area contributed by atoms with Crippen LogP contribution in [0, 0.1) is 13.8 Å². The second kappa shape index (κ2) is 6.08. The quantitative estimate of drug-likeness (QED) is 0.804. The van der Waals surface area contributed by atoms with Gasteiger partial charge in [-0.3, -0.25) is 14.5 Å². The largest absolute Gasteiger partial charge is 0.497 e. The molecule has 0 aliphatic rings. The molecule has 2 aromatic heterocycles. The number of benzene rings is 1. The fourth-order valence-electron chi connectivity index (χ4n) is 2.47. The number of rotatable bonds is 4. The summed E-state index contributed by atoms with van der Waals surface area (Å²) in [6.07, 6.45) is 1.64. The molecule has 0 atom stereocenters. The van der Waals surface area contributed by atoms with Crippen molar-refractivity contribution in [2.45, 2.75) is 20.4 Å². The Kier molecular flexibility index (Phi) is 3.97. The summed E-state index contributed by atoms with van der Waals surface area (Å²) in [5.41, 5.74) is 3.34.